The molecule has 0 fully saturated rings. The van der Waals surface area contributed by atoms with Crippen molar-refractivity contribution in [2.45, 2.75) is 25.3 Å². The normalized spacial score (nSPS) is 15.3. The first-order chi connectivity index (χ1) is 10.4. The SMILES string of the molecule is CC(C)CNS(=O)(=O)c1ccc(CNC2=NCCN2C)cc1. The maximum atomic E-state index is 12.1. The number of hydrogen-bond acceptors (Lipinski definition) is 5. The predicted octanol–water partition coefficient (Wildman–Crippen LogP) is 1.01. The zero-order chi connectivity index (χ0) is 16.2. The Morgan fingerprint density at radius 1 is 1.27 bits per heavy atom. The molecule has 122 valence electrons. The first-order valence-electron chi connectivity index (χ1n) is 7.46. The topological polar surface area (TPSA) is 73.8 Å². The van der Waals surface area contributed by atoms with Crippen molar-refractivity contribution in [3.05, 3.63) is 29.8 Å². The van der Waals surface area contributed by atoms with Crippen LogP contribution in [0.15, 0.2) is 34.2 Å². The third-order valence-electron chi connectivity index (χ3n) is 3.42. The van der Waals surface area contributed by atoms with E-state index in [9.17, 15) is 8.42 Å². The number of rotatable bonds is 6. The Bertz CT molecular complexity index is 623. The molecule has 2 N–H and O–H groups in total. The van der Waals surface area contributed by atoms with Crippen molar-refractivity contribution >= 4 is 16.0 Å². The molecule has 0 aliphatic carbocycles. The Hall–Kier alpha value is -1.60. The van der Waals surface area contributed by atoms with Gasteiger partial charge in [-0.05, 0) is 23.6 Å². The highest BCUT2D eigenvalue weighted by Gasteiger charge is 2.14. The summed E-state index contributed by atoms with van der Waals surface area (Å²) in [6, 6.07) is 6.93. The molecule has 1 aromatic carbocycles. The fraction of sp³-hybridized carbons (Fsp3) is 0.533. The lowest BCUT2D eigenvalue weighted by molar-refractivity contribution is 0.534. The van der Waals surface area contributed by atoms with E-state index in [4.69, 9.17) is 0 Å². The Morgan fingerprint density at radius 3 is 2.50 bits per heavy atom. The van der Waals surface area contributed by atoms with Crippen LogP contribution >= 0.6 is 0 Å². The zero-order valence-electron chi connectivity index (χ0n) is 13.3. The van der Waals surface area contributed by atoms with E-state index in [0.717, 1.165) is 24.6 Å². The first kappa shape index (κ1) is 16.8. The number of nitrogens with zero attached hydrogens (tertiary/aromatic N) is 2. The summed E-state index contributed by atoms with van der Waals surface area (Å²) in [5.41, 5.74) is 1.02. The molecule has 1 aliphatic heterocycles. The number of likely N-dealkylation sites (N-methyl/N-ethyl adjacent to an activating group) is 1. The summed E-state index contributed by atoms with van der Waals surface area (Å²) >= 11 is 0. The van der Waals surface area contributed by atoms with Crippen LogP contribution in [0.5, 0.6) is 0 Å². The van der Waals surface area contributed by atoms with Gasteiger partial charge in [0.2, 0.25) is 10.0 Å². The Balaban J connectivity index is 1.95. The molecule has 7 heteroatoms. The number of sulfonamides is 1. The minimum atomic E-state index is -3.41. The summed E-state index contributed by atoms with van der Waals surface area (Å²) < 4.78 is 26.8. The third-order valence-corrected chi connectivity index (χ3v) is 4.86. The van der Waals surface area contributed by atoms with Crippen LogP contribution < -0.4 is 10.0 Å². The van der Waals surface area contributed by atoms with Crippen LogP contribution in [-0.4, -0.2) is 46.0 Å². The molecule has 1 heterocycles. The van der Waals surface area contributed by atoms with Crippen molar-refractivity contribution in [1.82, 2.24) is 14.9 Å². The van der Waals surface area contributed by atoms with Crippen LogP contribution in [-0.2, 0) is 16.6 Å². The molecule has 0 atom stereocenters. The molecule has 0 bridgehead atoms. The van der Waals surface area contributed by atoms with Crippen LogP contribution in [0.25, 0.3) is 0 Å². The van der Waals surface area contributed by atoms with Gasteiger partial charge in [-0.25, -0.2) is 13.1 Å². The lowest BCUT2D eigenvalue weighted by Gasteiger charge is -2.15. The summed E-state index contributed by atoms with van der Waals surface area (Å²) in [4.78, 5) is 6.72. The lowest BCUT2D eigenvalue weighted by Crippen LogP contribution is -2.35. The van der Waals surface area contributed by atoms with E-state index >= 15 is 0 Å². The smallest absolute Gasteiger partial charge is 0.240 e. The second-order valence-electron chi connectivity index (χ2n) is 5.87. The standard InChI is InChI=1S/C15H24N4O2S/c1-12(2)10-18-22(20,21)14-6-4-13(5-7-14)11-17-15-16-8-9-19(15)3/h4-7,12,18H,8-11H2,1-3H3,(H,16,17). The Kier molecular flexibility index (Phi) is 5.42. The lowest BCUT2D eigenvalue weighted by atomic mass is 10.2. The molecule has 1 aliphatic rings. The van der Waals surface area contributed by atoms with Gasteiger partial charge in [0.05, 0.1) is 11.4 Å². The van der Waals surface area contributed by atoms with Gasteiger partial charge in [0.15, 0.2) is 5.96 Å². The van der Waals surface area contributed by atoms with Crippen LogP contribution in [0, 0.1) is 5.92 Å². The maximum Gasteiger partial charge on any atom is 0.240 e. The molecule has 0 aromatic heterocycles. The Morgan fingerprint density at radius 2 is 1.95 bits per heavy atom. The van der Waals surface area contributed by atoms with Gasteiger partial charge in [0, 0.05) is 26.7 Å². The zero-order valence-corrected chi connectivity index (χ0v) is 14.2. The minimum absolute atomic E-state index is 0.280. The number of benzene rings is 1. The largest absolute Gasteiger partial charge is 0.352 e. The molecule has 0 spiro atoms. The highest BCUT2D eigenvalue weighted by Crippen LogP contribution is 2.11. The minimum Gasteiger partial charge on any atom is -0.352 e. The highest BCUT2D eigenvalue weighted by molar-refractivity contribution is 7.89. The van der Waals surface area contributed by atoms with Crippen LogP contribution in [0.1, 0.15) is 19.4 Å². The summed E-state index contributed by atoms with van der Waals surface area (Å²) in [6.45, 7) is 6.76. The van der Waals surface area contributed by atoms with Gasteiger partial charge < -0.3 is 10.2 Å². The van der Waals surface area contributed by atoms with E-state index in [2.05, 4.69) is 19.9 Å². The molecular formula is C15H24N4O2S. The van der Waals surface area contributed by atoms with Crippen molar-refractivity contribution in [3.63, 3.8) is 0 Å². The van der Waals surface area contributed by atoms with Crippen LogP contribution in [0.2, 0.25) is 0 Å². The van der Waals surface area contributed by atoms with Gasteiger partial charge >= 0.3 is 0 Å². The quantitative estimate of drug-likeness (QED) is 0.819. The van der Waals surface area contributed by atoms with E-state index in [1.54, 1.807) is 12.1 Å². The van der Waals surface area contributed by atoms with Gasteiger partial charge in [-0.3, -0.25) is 4.99 Å². The highest BCUT2D eigenvalue weighted by atomic mass is 32.2. The number of guanidine groups is 1. The average molecular weight is 324 g/mol. The molecule has 0 saturated heterocycles. The van der Waals surface area contributed by atoms with Crippen molar-refractivity contribution in [2.75, 3.05) is 26.7 Å². The molecule has 22 heavy (non-hydrogen) atoms. The molecule has 0 radical (unpaired) electrons. The molecular weight excluding hydrogens is 300 g/mol. The number of nitrogens with one attached hydrogen (secondary N) is 2. The molecule has 0 amide bonds. The summed E-state index contributed by atoms with van der Waals surface area (Å²) in [5.74, 6) is 1.16. The number of hydrogen-bond donors (Lipinski definition) is 2. The van der Waals surface area contributed by atoms with Crippen molar-refractivity contribution in [2.24, 2.45) is 10.9 Å². The van der Waals surface area contributed by atoms with Gasteiger partial charge in [-0.1, -0.05) is 26.0 Å². The van der Waals surface area contributed by atoms with E-state index in [1.807, 2.05) is 33.0 Å². The van der Waals surface area contributed by atoms with Gasteiger partial charge in [-0.15, -0.1) is 0 Å². The average Bonchev–Trinajstić information content (AvgIpc) is 2.89. The predicted molar refractivity (Wildman–Crippen MR) is 88.2 cm³/mol. The molecule has 0 saturated carbocycles. The monoisotopic (exact) mass is 324 g/mol. The fourth-order valence-electron chi connectivity index (χ4n) is 2.05. The second-order valence-corrected chi connectivity index (χ2v) is 7.64. The van der Waals surface area contributed by atoms with E-state index in [-0.39, 0.29) is 5.92 Å². The summed E-state index contributed by atoms with van der Waals surface area (Å²) in [5, 5.41) is 3.26. The van der Waals surface area contributed by atoms with E-state index in [0.29, 0.717) is 18.0 Å². The van der Waals surface area contributed by atoms with Crippen molar-refractivity contribution in [1.29, 1.82) is 0 Å². The summed E-state index contributed by atoms with van der Waals surface area (Å²) in [7, 11) is -1.42. The molecule has 1 aromatic rings. The molecule has 6 nitrogen and oxygen atoms in total. The second kappa shape index (κ2) is 7.11. The fourth-order valence-corrected chi connectivity index (χ4v) is 3.26. The Labute approximate surface area is 132 Å². The van der Waals surface area contributed by atoms with Gasteiger partial charge in [0.25, 0.3) is 0 Å². The summed E-state index contributed by atoms with van der Waals surface area (Å²) in [6.07, 6.45) is 0. The maximum absolute atomic E-state index is 12.1. The molecule has 2 rings (SSSR count). The first-order valence-corrected chi connectivity index (χ1v) is 8.95. The van der Waals surface area contributed by atoms with Crippen molar-refractivity contribution in [3.8, 4) is 0 Å². The van der Waals surface area contributed by atoms with E-state index < -0.39 is 10.0 Å². The van der Waals surface area contributed by atoms with E-state index in [1.165, 1.54) is 0 Å². The van der Waals surface area contributed by atoms with Gasteiger partial charge in [-0.2, -0.15) is 0 Å². The van der Waals surface area contributed by atoms with Crippen LogP contribution in [0.4, 0.5) is 0 Å². The van der Waals surface area contributed by atoms with Crippen LogP contribution in [0.3, 0.4) is 0 Å². The number of aliphatic imine (C=N–C) groups is 1. The van der Waals surface area contributed by atoms with Gasteiger partial charge in [0.1, 0.15) is 0 Å². The molecule has 0 unspecified atom stereocenters. The third kappa shape index (κ3) is 4.45. The van der Waals surface area contributed by atoms with Crippen molar-refractivity contribution < 1.29 is 8.42 Å².